The van der Waals surface area contributed by atoms with E-state index in [9.17, 15) is 0 Å². The van der Waals surface area contributed by atoms with E-state index in [2.05, 4.69) is 0 Å². The van der Waals surface area contributed by atoms with Gasteiger partial charge in [-0.05, 0) is 13.7 Å². The molecular weight excluding hydrogens is 114 g/mol. The zero-order valence-corrected chi connectivity index (χ0v) is 4.65. The van der Waals surface area contributed by atoms with Crippen molar-refractivity contribution in [2.75, 3.05) is 13.0 Å². The van der Waals surface area contributed by atoms with Crippen LogP contribution in [0.2, 0.25) is 0 Å². The van der Waals surface area contributed by atoms with Crippen molar-refractivity contribution in [1.82, 2.24) is 5.32 Å². The summed E-state index contributed by atoms with van der Waals surface area (Å²) in [6.07, 6.45) is 0. The first-order valence-electron chi connectivity index (χ1n) is 8.08. The quantitative estimate of drug-likeness (QED) is 0.486. The molecule has 0 fully saturated rings. The SMILES string of the molecule is [2H]C([2H])([2H])C([2H])(NC([2H])(C([2H])([2H])[2H])C([2H])([2H])N)C([2H])([2H])N. The van der Waals surface area contributed by atoms with Gasteiger partial charge in [-0.2, -0.15) is 0 Å². The first kappa shape index (κ1) is 1.40. The number of rotatable bonds is 4. The summed E-state index contributed by atoms with van der Waals surface area (Å²) in [6.45, 7) is -13.6. The van der Waals surface area contributed by atoms with Crippen molar-refractivity contribution in [2.45, 2.75) is 25.7 Å². The van der Waals surface area contributed by atoms with Gasteiger partial charge in [0.25, 0.3) is 0 Å². The van der Waals surface area contributed by atoms with Crippen LogP contribution in [0.15, 0.2) is 0 Å². The zero-order chi connectivity index (χ0) is 17.7. The lowest BCUT2D eigenvalue weighted by Gasteiger charge is -2.16. The van der Waals surface area contributed by atoms with Gasteiger partial charge in [0.2, 0.25) is 0 Å². The van der Waals surface area contributed by atoms with Gasteiger partial charge in [0.1, 0.15) is 0 Å². The van der Waals surface area contributed by atoms with Crippen LogP contribution >= 0.6 is 0 Å². The van der Waals surface area contributed by atoms with Gasteiger partial charge in [-0.25, -0.2) is 0 Å². The van der Waals surface area contributed by atoms with E-state index in [0.717, 1.165) is 0 Å². The third-order valence-corrected chi connectivity index (χ3v) is 0.539. The van der Waals surface area contributed by atoms with Crippen LogP contribution < -0.4 is 16.8 Å². The molecule has 0 aliphatic heterocycles. The molecule has 0 bridgehead atoms. The van der Waals surface area contributed by atoms with E-state index in [1.807, 2.05) is 0 Å². The topological polar surface area (TPSA) is 64.1 Å². The highest BCUT2D eigenvalue weighted by atomic mass is 15.0. The summed E-state index contributed by atoms with van der Waals surface area (Å²) in [4.78, 5) is 0. The maximum atomic E-state index is 7.67. The third kappa shape index (κ3) is 4.39. The Balaban J connectivity index is 6.15. The predicted molar refractivity (Wildman–Crippen MR) is 40.2 cm³/mol. The lowest BCUT2D eigenvalue weighted by molar-refractivity contribution is 0.477. The molecule has 0 saturated heterocycles. The van der Waals surface area contributed by atoms with Gasteiger partial charge >= 0.3 is 0 Å². The Morgan fingerprint density at radius 3 is 2.22 bits per heavy atom. The van der Waals surface area contributed by atoms with Gasteiger partial charge in [0.15, 0.2) is 0 Å². The molecule has 0 aromatic heterocycles. The second kappa shape index (κ2) is 4.73. The molecule has 0 amide bonds. The van der Waals surface area contributed by atoms with Gasteiger partial charge in [-0.1, -0.05) is 0 Å². The predicted octanol–water partition coefficient (Wildman–Crippen LogP) is -0.730. The fraction of sp³-hybridized carbons (Fsp3) is 1.00. The minimum absolute atomic E-state index is 1.38. The van der Waals surface area contributed by atoms with E-state index in [1.54, 1.807) is 0 Å². The van der Waals surface area contributed by atoms with E-state index < -0.39 is 38.7 Å². The largest absolute Gasteiger partial charge is 0.329 e. The molecule has 0 rings (SSSR count). The standard InChI is InChI=1S/C6H17N3/c1-5(3-7)9-6(2)4-8/h5-6,9H,3-4,7-8H2,1-2H3/i1D3,2D3,3D2,4D2,5D,6D. The van der Waals surface area contributed by atoms with Crippen LogP contribution in [0.4, 0.5) is 0 Å². The van der Waals surface area contributed by atoms with Crippen molar-refractivity contribution < 1.29 is 16.4 Å². The van der Waals surface area contributed by atoms with Crippen molar-refractivity contribution in [3.8, 4) is 0 Å². The summed E-state index contributed by atoms with van der Waals surface area (Å²) in [5.41, 5.74) is 9.97. The van der Waals surface area contributed by atoms with Crippen LogP contribution in [0.1, 0.15) is 30.2 Å². The molecule has 0 aromatic rings. The number of nitrogens with one attached hydrogen (secondary N) is 1. The number of nitrogens with two attached hydrogens (primary N) is 2. The minimum Gasteiger partial charge on any atom is -0.329 e. The molecule has 0 spiro atoms. The zero-order valence-electron chi connectivity index (χ0n) is 16.7. The normalized spacial score (nSPS) is 50.0. The Morgan fingerprint density at radius 2 is 2.00 bits per heavy atom. The molecule has 0 aliphatic rings. The Labute approximate surface area is 73.7 Å². The molecule has 0 aliphatic carbocycles. The average molecular weight is 143 g/mol. The van der Waals surface area contributed by atoms with Gasteiger partial charge in [-0.3, -0.25) is 0 Å². The molecule has 5 N–H and O–H groups in total. The molecule has 9 heavy (non-hydrogen) atoms. The highest BCUT2D eigenvalue weighted by molar-refractivity contribution is 4.67. The maximum Gasteiger partial charge on any atom is 0.0475 e. The van der Waals surface area contributed by atoms with E-state index in [-0.39, 0.29) is 0 Å². The van der Waals surface area contributed by atoms with Crippen molar-refractivity contribution in [3.63, 3.8) is 0 Å². The van der Waals surface area contributed by atoms with Crippen LogP contribution in [0.5, 0.6) is 0 Å². The summed E-state index contributed by atoms with van der Waals surface area (Å²) in [5, 5.41) is 1.38. The minimum atomic E-state index is -3.51. The van der Waals surface area contributed by atoms with Gasteiger partial charge in [-0.15, -0.1) is 0 Å². The fourth-order valence-corrected chi connectivity index (χ4v) is 0.197. The third-order valence-electron chi connectivity index (χ3n) is 0.539. The molecule has 3 heteroatoms. The van der Waals surface area contributed by atoms with Crippen molar-refractivity contribution >= 4 is 0 Å². The van der Waals surface area contributed by atoms with E-state index >= 15 is 0 Å². The van der Waals surface area contributed by atoms with Crippen LogP contribution in [-0.4, -0.2) is 25.0 Å². The molecule has 0 aromatic carbocycles. The summed E-state index contributed by atoms with van der Waals surface area (Å²) in [6, 6.07) is -6.97. The Bertz CT molecular complexity index is 308. The average Bonchev–Trinajstić information content (AvgIpc) is 2.09. The van der Waals surface area contributed by atoms with Crippen LogP contribution in [-0.2, 0) is 0 Å². The van der Waals surface area contributed by atoms with Gasteiger partial charge in [0.05, 0.1) is 0 Å². The highest BCUT2D eigenvalue weighted by Gasteiger charge is 2.01. The van der Waals surface area contributed by atoms with Crippen molar-refractivity contribution in [3.05, 3.63) is 0 Å². The molecule has 0 saturated carbocycles. The molecule has 2 unspecified atom stereocenters. The van der Waals surface area contributed by atoms with E-state index in [1.165, 1.54) is 5.32 Å². The number of hydrogen-bond acceptors (Lipinski definition) is 3. The van der Waals surface area contributed by atoms with Gasteiger partial charge < -0.3 is 16.8 Å². The summed E-state index contributed by atoms with van der Waals surface area (Å²) < 4.78 is 87.3. The Hall–Kier alpha value is -0.120. The molecule has 3 nitrogen and oxygen atoms in total. The molecule has 0 radical (unpaired) electrons. The molecule has 2 atom stereocenters. The van der Waals surface area contributed by atoms with E-state index in [0.29, 0.717) is 0 Å². The molecule has 56 valence electrons. The summed E-state index contributed by atoms with van der Waals surface area (Å²) >= 11 is 0. The van der Waals surface area contributed by atoms with Gasteiger partial charge in [0, 0.05) is 41.5 Å². The summed E-state index contributed by atoms with van der Waals surface area (Å²) in [5.74, 6) is 0. The van der Waals surface area contributed by atoms with Crippen molar-refractivity contribution in [1.29, 1.82) is 0 Å². The lowest BCUT2D eigenvalue weighted by atomic mass is 10.2. The Kier molecular flexibility index (Phi) is 0.733. The highest BCUT2D eigenvalue weighted by Crippen LogP contribution is 1.81. The fourth-order valence-electron chi connectivity index (χ4n) is 0.197. The molecule has 0 heterocycles. The second-order valence-electron chi connectivity index (χ2n) is 1.16. The maximum absolute atomic E-state index is 7.67. The lowest BCUT2D eigenvalue weighted by Crippen LogP contribution is -2.42. The van der Waals surface area contributed by atoms with Crippen LogP contribution in [0.3, 0.4) is 0 Å². The monoisotopic (exact) mass is 143 g/mol. The number of hydrogen-bond donors (Lipinski definition) is 3. The molecular formula is C6H17N3. The van der Waals surface area contributed by atoms with Crippen LogP contribution in [0.25, 0.3) is 0 Å². The van der Waals surface area contributed by atoms with Crippen molar-refractivity contribution in [2.24, 2.45) is 11.5 Å². The smallest absolute Gasteiger partial charge is 0.0475 e. The summed E-state index contributed by atoms with van der Waals surface area (Å²) in [7, 11) is 0. The van der Waals surface area contributed by atoms with E-state index in [4.69, 9.17) is 27.9 Å². The first-order chi connectivity index (χ1) is 8.71. The van der Waals surface area contributed by atoms with Crippen LogP contribution in [0, 0.1) is 0 Å². The first-order valence-corrected chi connectivity index (χ1v) is 2.08. The second-order valence-corrected chi connectivity index (χ2v) is 1.16. The Morgan fingerprint density at radius 1 is 1.56 bits per heavy atom.